The van der Waals surface area contributed by atoms with E-state index in [2.05, 4.69) is 39.5 Å². The molecule has 0 bridgehead atoms. The van der Waals surface area contributed by atoms with Gasteiger partial charge in [0, 0.05) is 71.6 Å². The van der Waals surface area contributed by atoms with Crippen molar-refractivity contribution in [1.82, 2.24) is 4.90 Å². The fourth-order valence-electron chi connectivity index (χ4n) is 3.11. The standard InChI is InChI=1S/C25H55NO5P2/c1-6-15-28-24(29-16-7-2)22-32-20-13-26(12-11-19-27-10-5)14-21-33-23-25(30-17-8-3)31-18-9-4/h24-25,32-33H,6-23H2,1-5H3. The number of hydrogen-bond acceptors (Lipinski definition) is 6. The lowest BCUT2D eigenvalue weighted by atomic mass is 10.4. The van der Waals surface area contributed by atoms with Gasteiger partial charge < -0.3 is 28.6 Å². The van der Waals surface area contributed by atoms with Crippen molar-refractivity contribution in [1.29, 1.82) is 0 Å². The van der Waals surface area contributed by atoms with Gasteiger partial charge in [-0.3, -0.25) is 0 Å². The van der Waals surface area contributed by atoms with E-state index in [1.54, 1.807) is 0 Å². The third-order valence-electron chi connectivity index (χ3n) is 4.83. The summed E-state index contributed by atoms with van der Waals surface area (Å²) >= 11 is 0. The lowest BCUT2D eigenvalue weighted by Gasteiger charge is -2.24. The van der Waals surface area contributed by atoms with Crippen molar-refractivity contribution in [3.63, 3.8) is 0 Å². The molecule has 200 valence electrons. The molecule has 0 radical (unpaired) electrons. The molecule has 0 saturated carbocycles. The lowest BCUT2D eigenvalue weighted by Crippen LogP contribution is -2.31. The second kappa shape index (κ2) is 27.2. The molecule has 0 spiro atoms. The van der Waals surface area contributed by atoms with Gasteiger partial charge >= 0.3 is 0 Å². The molecule has 2 unspecified atom stereocenters. The summed E-state index contributed by atoms with van der Waals surface area (Å²) in [5.74, 6) is 0. The monoisotopic (exact) mass is 511 g/mol. The summed E-state index contributed by atoms with van der Waals surface area (Å²) in [5, 5.41) is 0. The molecule has 0 rings (SSSR count). The summed E-state index contributed by atoms with van der Waals surface area (Å²) in [6, 6.07) is 0. The highest BCUT2D eigenvalue weighted by Crippen LogP contribution is 2.18. The third kappa shape index (κ3) is 22.8. The third-order valence-corrected chi connectivity index (χ3v) is 7.23. The molecule has 0 aromatic carbocycles. The molecule has 0 saturated heterocycles. The highest BCUT2D eigenvalue weighted by atomic mass is 31.1. The Kier molecular flexibility index (Phi) is 27.7. The van der Waals surface area contributed by atoms with Crippen LogP contribution in [-0.2, 0) is 23.7 Å². The Morgan fingerprint density at radius 2 is 1.00 bits per heavy atom. The summed E-state index contributed by atoms with van der Waals surface area (Å²) < 4.78 is 29.1. The van der Waals surface area contributed by atoms with Crippen LogP contribution >= 0.6 is 17.2 Å². The smallest absolute Gasteiger partial charge is 0.161 e. The van der Waals surface area contributed by atoms with Crippen LogP contribution in [0.3, 0.4) is 0 Å². The second-order valence-corrected chi connectivity index (χ2v) is 11.0. The molecule has 0 N–H and O–H groups in total. The highest BCUT2D eigenvalue weighted by Gasteiger charge is 2.12. The summed E-state index contributed by atoms with van der Waals surface area (Å²) in [6.45, 7) is 18.9. The van der Waals surface area contributed by atoms with E-state index in [-0.39, 0.29) is 12.6 Å². The maximum Gasteiger partial charge on any atom is 0.161 e. The van der Waals surface area contributed by atoms with Gasteiger partial charge in [-0.2, -0.15) is 0 Å². The molecule has 6 nitrogen and oxygen atoms in total. The number of hydrogen-bond donors (Lipinski definition) is 0. The summed E-state index contributed by atoms with van der Waals surface area (Å²) in [5.41, 5.74) is 0. The van der Waals surface area contributed by atoms with E-state index in [4.69, 9.17) is 23.7 Å². The molecule has 0 heterocycles. The van der Waals surface area contributed by atoms with Crippen molar-refractivity contribution in [2.45, 2.75) is 79.3 Å². The van der Waals surface area contributed by atoms with Crippen molar-refractivity contribution in [2.75, 3.05) is 83.9 Å². The average Bonchev–Trinajstić information content (AvgIpc) is 2.83. The van der Waals surface area contributed by atoms with Crippen LogP contribution in [0.15, 0.2) is 0 Å². The number of ether oxygens (including phenoxy) is 5. The quantitative estimate of drug-likeness (QED) is 0.0833. The topological polar surface area (TPSA) is 49.4 Å². The molecule has 0 aliphatic carbocycles. The lowest BCUT2D eigenvalue weighted by molar-refractivity contribution is -0.127. The minimum Gasteiger partial charge on any atom is -0.382 e. The van der Waals surface area contributed by atoms with Gasteiger partial charge in [-0.15, -0.1) is 17.2 Å². The number of nitrogens with zero attached hydrogens (tertiary/aromatic N) is 1. The zero-order valence-electron chi connectivity index (χ0n) is 22.4. The van der Waals surface area contributed by atoms with Crippen LogP contribution in [0.5, 0.6) is 0 Å². The predicted octanol–water partition coefficient (Wildman–Crippen LogP) is 5.43. The van der Waals surface area contributed by atoms with Gasteiger partial charge in [0.15, 0.2) is 12.6 Å². The van der Waals surface area contributed by atoms with Crippen LogP contribution in [0.1, 0.15) is 66.7 Å². The van der Waals surface area contributed by atoms with Gasteiger partial charge in [-0.1, -0.05) is 27.7 Å². The largest absolute Gasteiger partial charge is 0.382 e. The molecule has 8 heteroatoms. The van der Waals surface area contributed by atoms with Gasteiger partial charge in [0.2, 0.25) is 0 Å². The Hall–Kier alpha value is 0.620. The molecule has 0 aromatic heterocycles. The van der Waals surface area contributed by atoms with E-state index in [0.717, 1.165) is 121 Å². The van der Waals surface area contributed by atoms with Gasteiger partial charge in [0.1, 0.15) is 0 Å². The predicted molar refractivity (Wildman–Crippen MR) is 146 cm³/mol. The molecule has 2 atom stereocenters. The van der Waals surface area contributed by atoms with Crippen LogP contribution in [0, 0.1) is 0 Å². The van der Waals surface area contributed by atoms with Crippen LogP contribution in [0.25, 0.3) is 0 Å². The summed E-state index contributed by atoms with van der Waals surface area (Å²) in [7, 11) is 1.75. The van der Waals surface area contributed by atoms with Gasteiger partial charge in [-0.25, -0.2) is 0 Å². The van der Waals surface area contributed by atoms with Gasteiger partial charge in [0.25, 0.3) is 0 Å². The molecule has 0 aliphatic rings. The first-order valence-corrected chi connectivity index (χ1v) is 16.2. The summed E-state index contributed by atoms with van der Waals surface area (Å²) in [6.07, 6.45) is 9.65. The normalized spacial score (nSPS) is 12.7. The molecular formula is C25H55NO5P2. The molecule has 0 amide bonds. The zero-order chi connectivity index (χ0) is 24.4. The van der Waals surface area contributed by atoms with Crippen molar-refractivity contribution < 1.29 is 23.7 Å². The van der Waals surface area contributed by atoms with Gasteiger partial charge in [-0.05, 0) is 51.4 Å². The second-order valence-electron chi connectivity index (χ2n) is 8.14. The maximum atomic E-state index is 5.88. The minimum atomic E-state index is -0.0284. The van der Waals surface area contributed by atoms with Crippen LogP contribution in [-0.4, -0.2) is 101 Å². The Bertz CT molecular complexity index is 339. The van der Waals surface area contributed by atoms with Crippen LogP contribution < -0.4 is 0 Å². The Morgan fingerprint density at radius 1 is 0.576 bits per heavy atom. The van der Waals surface area contributed by atoms with Gasteiger partial charge in [0.05, 0.1) is 0 Å². The Morgan fingerprint density at radius 3 is 1.36 bits per heavy atom. The average molecular weight is 512 g/mol. The van der Waals surface area contributed by atoms with Crippen molar-refractivity contribution >= 4 is 17.2 Å². The Labute approximate surface area is 209 Å². The number of rotatable bonds is 27. The molecule has 0 aromatic rings. The fourth-order valence-corrected chi connectivity index (χ4v) is 5.41. The first kappa shape index (κ1) is 33.6. The van der Waals surface area contributed by atoms with Crippen molar-refractivity contribution in [3.05, 3.63) is 0 Å². The zero-order valence-corrected chi connectivity index (χ0v) is 24.4. The Balaban J connectivity index is 4.33. The van der Waals surface area contributed by atoms with Crippen LogP contribution in [0.2, 0.25) is 0 Å². The van der Waals surface area contributed by atoms with Crippen LogP contribution in [0.4, 0.5) is 0 Å². The maximum absolute atomic E-state index is 5.88. The van der Waals surface area contributed by atoms with Crippen molar-refractivity contribution in [2.24, 2.45) is 0 Å². The van der Waals surface area contributed by atoms with E-state index in [0.29, 0.717) is 0 Å². The van der Waals surface area contributed by atoms with E-state index in [1.165, 1.54) is 12.3 Å². The first-order chi connectivity index (χ1) is 16.2. The van der Waals surface area contributed by atoms with Crippen molar-refractivity contribution in [3.8, 4) is 0 Å². The molecule has 33 heavy (non-hydrogen) atoms. The summed E-state index contributed by atoms with van der Waals surface area (Å²) in [4.78, 5) is 2.61. The SMILES string of the molecule is CCCOC(CPCCN(CCCOCC)CCPCC(OCCC)OCCC)OCCC. The molecule has 0 fully saturated rings. The van der Waals surface area contributed by atoms with E-state index in [9.17, 15) is 0 Å². The van der Waals surface area contributed by atoms with E-state index in [1.807, 2.05) is 0 Å². The first-order valence-electron chi connectivity index (χ1n) is 13.4. The highest BCUT2D eigenvalue weighted by molar-refractivity contribution is 7.38. The molecule has 0 aliphatic heterocycles. The fraction of sp³-hybridized carbons (Fsp3) is 1.00. The van der Waals surface area contributed by atoms with E-state index < -0.39 is 0 Å². The minimum absolute atomic E-state index is 0.0284. The molecular weight excluding hydrogens is 456 g/mol. The van der Waals surface area contributed by atoms with E-state index >= 15 is 0 Å².